The number of nitrogens with one attached hydrogen (secondary N) is 1. The number of aromatic nitrogens is 3. The zero-order valence-electron chi connectivity index (χ0n) is 5.00. The quantitative estimate of drug-likeness (QED) is 0.592. The van der Waals surface area contributed by atoms with Crippen LogP contribution in [0.4, 0.5) is 0 Å². The minimum absolute atomic E-state index is 0.387. The van der Waals surface area contributed by atoms with E-state index in [2.05, 4.69) is 15.2 Å². The summed E-state index contributed by atoms with van der Waals surface area (Å²) < 4.78 is 10.8. The number of rotatable bonds is 2. The van der Waals surface area contributed by atoms with Gasteiger partial charge in [-0.1, -0.05) is 0 Å². The minimum Gasteiger partial charge on any atom is -0.609 e. The second-order valence-corrected chi connectivity index (χ2v) is 3.05. The minimum atomic E-state index is -1.01. The van der Waals surface area contributed by atoms with E-state index in [-0.39, 0.29) is 0 Å². The highest BCUT2D eigenvalue weighted by Gasteiger charge is 2.10. The van der Waals surface area contributed by atoms with Gasteiger partial charge in [0.15, 0.2) is 0 Å². The summed E-state index contributed by atoms with van der Waals surface area (Å²) in [5, 5.41) is 6.53. The summed E-state index contributed by atoms with van der Waals surface area (Å²) in [6.07, 6.45) is 1.42. The van der Waals surface area contributed by atoms with E-state index in [1.54, 1.807) is 0 Å². The van der Waals surface area contributed by atoms with Crippen molar-refractivity contribution >= 4 is 11.2 Å². The summed E-state index contributed by atoms with van der Waals surface area (Å²) in [6, 6.07) is 0. The maximum atomic E-state index is 10.8. The van der Waals surface area contributed by atoms with Crippen molar-refractivity contribution in [3.05, 3.63) is 6.33 Å². The van der Waals surface area contributed by atoms with E-state index in [0.29, 0.717) is 10.9 Å². The van der Waals surface area contributed by atoms with Crippen molar-refractivity contribution in [3.8, 4) is 0 Å². The molecule has 0 aliphatic rings. The molecule has 0 aliphatic heterocycles. The highest BCUT2D eigenvalue weighted by Crippen LogP contribution is 1.99. The van der Waals surface area contributed by atoms with Crippen molar-refractivity contribution in [2.75, 3.05) is 5.75 Å². The zero-order valence-corrected chi connectivity index (χ0v) is 5.81. The molecule has 0 spiro atoms. The van der Waals surface area contributed by atoms with E-state index in [1.807, 2.05) is 6.92 Å². The Bertz CT molecular complexity index is 164. The van der Waals surface area contributed by atoms with Crippen molar-refractivity contribution in [2.24, 2.45) is 0 Å². The fraction of sp³-hybridized carbons (Fsp3) is 0.500. The summed E-state index contributed by atoms with van der Waals surface area (Å²) in [5.41, 5.74) is 0. The van der Waals surface area contributed by atoms with E-state index >= 15 is 0 Å². The van der Waals surface area contributed by atoms with Gasteiger partial charge in [-0.25, -0.2) is 0 Å². The molecule has 0 amide bonds. The Kier molecular flexibility index (Phi) is 2.07. The van der Waals surface area contributed by atoms with Crippen LogP contribution >= 0.6 is 0 Å². The summed E-state index contributed by atoms with van der Waals surface area (Å²) in [6.45, 7) is 1.83. The predicted molar refractivity (Wildman–Crippen MR) is 33.3 cm³/mol. The maximum absolute atomic E-state index is 10.8. The highest BCUT2D eigenvalue weighted by molar-refractivity contribution is 7.91. The Morgan fingerprint density at radius 2 is 2.67 bits per heavy atom. The molecule has 1 heterocycles. The molecule has 50 valence electrons. The van der Waals surface area contributed by atoms with Crippen LogP contribution in [0.15, 0.2) is 11.5 Å². The van der Waals surface area contributed by atoms with Gasteiger partial charge in [-0.3, -0.25) is 5.10 Å². The molecule has 0 saturated heterocycles. The maximum Gasteiger partial charge on any atom is 0.360 e. The molecule has 9 heavy (non-hydrogen) atoms. The molecule has 0 fully saturated rings. The molecular formula is C4H7N3OS. The first-order chi connectivity index (χ1) is 4.34. The summed E-state index contributed by atoms with van der Waals surface area (Å²) >= 11 is -1.01. The van der Waals surface area contributed by atoms with Gasteiger partial charge in [0.05, 0.1) is 0 Å². The largest absolute Gasteiger partial charge is 0.609 e. The van der Waals surface area contributed by atoms with Crippen molar-refractivity contribution in [1.82, 2.24) is 15.2 Å². The molecule has 1 unspecified atom stereocenters. The molecule has 0 aromatic carbocycles. The molecule has 1 N–H and O–H groups in total. The highest BCUT2D eigenvalue weighted by atomic mass is 32.2. The number of hydrogen-bond donors (Lipinski definition) is 1. The van der Waals surface area contributed by atoms with Gasteiger partial charge in [0, 0.05) is 11.2 Å². The predicted octanol–water partition coefficient (Wildman–Crippen LogP) is -0.0678. The number of hydrogen-bond acceptors (Lipinski definition) is 3. The molecule has 5 heteroatoms. The van der Waals surface area contributed by atoms with E-state index in [1.165, 1.54) is 6.33 Å². The lowest BCUT2D eigenvalue weighted by molar-refractivity contribution is 0.588. The lowest BCUT2D eigenvalue weighted by atomic mass is 11.0. The third kappa shape index (κ3) is 1.43. The van der Waals surface area contributed by atoms with Crippen molar-refractivity contribution in [3.63, 3.8) is 0 Å². The van der Waals surface area contributed by atoms with Crippen LogP contribution in [0.3, 0.4) is 0 Å². The topological polar surface area (TPSA) is 64.6 Å². The Morgan fingerprint density at radius 3 is 3.11 bits per heavy atom. The summed E-state index contributed by atoms with van der Waals surface area (Å²) in [5.74, 6) is 0.567. The van der Waals surface area contributed by atoms with Gasteiger partial charge in [-0.2, -0.15) is 4.98 Å². The van der Waals surface area contributed by atoms with Gasteiger partial charge in [0.25, 0.3) is 0 Å². The summed E-state index contributed by atoms with van der Waals surface area (Å²) in [4.78, 5) is 3.72. The number of aromatic amines is 1. The van der Waals surface area contributed by atoms with E-state index in [9.17, 15) is 4.55 Å². The molecular weight excluding hydrogens is 138 g/mol. The van der Waals surface area contributed by atoms with Crippen LogP contribution in [0.25, 0.3) is 0 Å². The SMILES string of the molecule is CC[S+]([O-])c1nc[nH]n1. The third-order valence-electron chi connectivity index (χ3n) is 0.859. The fourth-order valence-corrected chi connectivity index (χ4v) is 1.02. The Morgan fingerprint density at radius 1 is 1.89 bits per heavy atom. The van der Waals surface area contributed by atoms with Crippen molar-refractivity contribution < 1.29 is 4.55 Å². The van der Waals surface area contributed by atoms with Crippen molar-refractivity contribution in [2.45, 2.75) is 12.1 Å². The van der Waals surface area contributed by atoms with Gasteiger partial charge >= 0.3 is 5.16 Å². The van der Waals surface area contributed by atoms with Crippen LogP contribution < -0.4 is 0 Å². The average Bonchev–Trinajstić information content (AvgIpc) is 2.37. The van der Waals surface area contributed by atoms with Crippen LogP contribution in [-0.4, -0.2) is 25.5 Å². The molecule has 0 bridgehead atoms. The smallest absolute Gasteiger partial charge is 0.360 e. The van der Waals surface area contributed by atoms with Gasteiger partial charge in [-0.15, -0.1) is 5.10 Å². The molecule has 0 aliphatic carbocycles. The third-order valence-corrected chi connectivity index (χ3v) is 1.99. The van der Waals surface area contributed by atoms with Gasteiger partial charge < -0.3 is 4.55 Å². The molecule has 0 saturated carbocycles. The lowest BCUT2D eigenvalue weighted by Crippen LogP contribution is -2.05. The fourth-order valence-electron chi connectivity index (χ4n) is 0.436. The standard InChI is InChI=1S/C4H7N3OS/c1-2-9(8)4-5-3-6-7-4/h3H,2H2,1H3,(H,5,6,7). The van der Waals surface area contributed by atoms with E-state index in [4.69, 9.17) is 0 Å². The first kappa shape index (κ1) is 6.57. The normalized spacial score (nSPS) is 13.6. The van der Waals surface area contributed by atoms with Gasteiger partial charge in [-0.05, 0) is 6.92 Å². The van der Waals surface area contributed by atoms with E-state index in [0.717, 1.165) is 0 Å². The molecule has 1 rings (SSSR count). The van der Waals surface area contributed by atoms with Crippen LogP contribution in [-0.2, 0) is 11.2 Å². The second-order valence-electron chi connectivity index (χ2n) is 1.42. The molecule has 0 radical (unpaired) electrons. The van der Waals surface area contributed by atoms with Crippen LogP contribution in [0.5, 0.6) is 0 Å². The molecule has 1 atom stereocenters. The van der Waals surface area contributed by atoms with Gasteiger partial charge in [0.2, 0.25) is 0 Å². The van der Waals surface area contributed by atoms with E-state index < -0.39 is 11.2 Å². The molecule has 1 aromatic rings. The number of nitrogens with zero attached hydrogens (tertiary/aromatic N) is 2. The Hall–Kier alpha value is -0.550. The van der Waals surface area contributed by atoms with Crippen LogP contribution in [0, 0.1) is 0 Å². The second kappa shape index (κ2) is 2.84. The lowest BCUT2D eigenvalue weighted by Gasteiger charge is -1.99. The molecule has 1 aromatic heterocycles. The zero-order chi connectivity index (χ0) is 6.69. The van der Waals surface area contributed by atoms with Gasteiger partial charge in [0.1, 0.15) is 12.1 Å². The van der Waals surface area contributed by atoms with Crippen LogP contribution in [0.2, 0.25) is 0 Å². The monoisotopic (exact) mass is 145 g/mol. The van der Waals surface area contributed by atoms with Crippen molar-refractivity contribution in [1.29, 1.82) is 0 Å². The first-order valence-corrected chi connectivity index (χ1v) is 3.90. The summed E-state index contributed by atoms with van der Waals surface area (Å²) in [7, 11) is 0. The van der Waals surface area contributed by atoms with Crippen LogP contribution in [0.1, 0.15) is 6.92 Å². The average molecular weight is 145 g/mol. The first-order valence-electron chi connectivity index (χ1n) is 2.58. The Balaban J connectivity index is 2.65. The number of H-pyrrole nitrogens is 1. The molecule has 4 nitrogen and oxygen atoms in total. The Labute approximate surface area is 55.9 Å².